The first-order valence-corrected chi connectivity index (χ1v) is 5.59. The molecule has 20 heavy (non-hydrogen) atoms. The fourth-order valence-electron chi connectivity index (χ4n) is 1.47. The van der Waals surface area contributed by atoms with E-state index in [9.17, 15) is 18.4 Å². The number of anilines is 2. The molecule has 0 aliphatic rings. The third kappa shape index (κ3) is 3.19. The Morgan fingerprint density at radius 2 is 1.80 bits per heavy atom. The average Bonchev–Trinajstić information content (AvgIpc) is 2.81. The van der Waals surface area contributed by atoms with E-state index < -0.39 is 17.5 Å². The molecule has 1 aromatic carbocycles. The van der Waals surface area contributed by atoms with Gasteiger partial charge < -0.3 is 9.73 Å². The smallest absolute Gasteiger partial charge is 0.291 e. The van der Waals surface area contributed by atoms with Crippen molar-refractivity contribution in [1.29, 1.82) is 0 Å². The maximum absolute atomic E-state index is 13.0. The van der Waals surface area contributed by atoms with Gasteiger partial charge >= 0.3 is 0 Å². The Labute approximate surface area is 112 Å². The van der Waals surface area contributed by atoms with Crippen molar-refractivity contribution in [3.63, 3.8) is 0 Å². The normalized spacial score (nSPS) is 10.2. The van der Waals surface area contributed by atoms with Crippen LogP contribution < -0.4 is 10.6 Å². The second kappa shape index (κ2) is 5.52. The van der Waals surface area contributed by atoms with E-state index in [0.717, 1.165) is 12.1 Å². The standard InChI is InChI=1S/C13H10F2N2O3/c1-7(18)16-12-5-4-11(20-12)13(19)17-8-2-3-9(14)10(15)6-8/h2-6H,1H3,(H,16,18)(H,17,19). The van der Waals surface area contributed by atoms with E-state index in [2.05, 4.69) is 10.6 Å². The van der Waals surface area contributed by atoms with Gasteiger partial charge in [0.2, 0.25) is 5.91 Å². The number of nitrogens with one attached hydrogen (secondary N) is 2. The summed E-state index contributed by atoms with van der Waals surface area (Å²) in [4.78, 5) is 22.6. The number of carbonyl (C=O) groups excluding carboxylic acids is 2. The molecule has 0 bridgehead atoms. The molecule has 0 spiro atoms. The van der Waals surface area contributed by atoms with Crippen LogP contribution in [0.1, 0.15) is 17.5 Å². The average molecular weight is 280 g/mol. The third-order valence-corrected chi connectivity index (χ3v) is 2.31. The first-order chi connectivity index (χ1) is 9.45. The summed E-state index contributed by atoms with van der Waals surface area (Å²) < 4.78 is 30.8. The van der Waals surface area contributed by atoms with E-state index in [1.54, 1.807) is 0 Å². The van der Waals surface area contributed by atoms with Crippen LogP contribution in [0, 0.1) is 11.6 Å². The molecule has 2 N–H and O–H groups in total. The molecule has 1 heterocycles. The summed E-state index contributed by atoms with van der Waals surface area (Å²) in [7, 11) is 0. The van der Waals surface area contributed by atoms with Gasteiger partial charge in [-0.1, -0.05) is 0 Å². The maximum Gasteiger partial charge on any atom is 0.291 e. The van der Waals surface area contributed by atoms with Crippen LogP contribution in [0.25, 0.3) is 0 Å². The fourth-order valence-corrected chi connectivity index (χ4v) is 1.47. The molecule has 7 heteroatoms. The van der Waals surface area contributed by atoms with Crippen LogP contribution in [0.3, 0.4) is 0 Å². The van der Waals surface area contributed by atoms with Crippen LogP contribution in [0.2, 0.25) is 0 Å². The zero-order valence-corrected chi connectivity index (χ0v) is 10.4. The molecule has 0 radical (unpaired) electrons. The molecule has 0 unspecified atom stereocenters. The zero-order chi connectivity index (χ0) is 14.7. The predicted octanol–water partition coefficient (Wildman–Crippen LogP) is 2.77. The van der Waals surface area contributed by atoms with E-state index in [-0.39, 0.29) is 23.2 Å². The highest BCUT2D eigenvalue weighted by molar-refractivity contribution is 6.02. The molecule has 104 valence electrons. The summed E-state index contributed by atoms with van der Waals surface area (Å²) in [5.41, 5.74) is 0.0892. The van der Waals surface area contributed by atoms with Gasteiger partial charge in [0.25, 0.3) is 5.91 Å². The first-order valence-electron chi connectivity index (χ1n) is 5.59. The molecule has 2 amide bonds. The monoisotopic (exact) mass is 280 g/mol. The van der Waals surface area contributed by atoms with Crippen molar-refractivity contribution in [3.8, 4) is 0 Å². The largest absolute Gasteiger partial charge is 0.435 e. The van der Waals surface area contributed by atoms with E-state index in [0.29, 0.717) is 0 Å². The van der Waals surface area contributed by atoms with Crippen molar-refractivity contribution in [2.45, 2.75) is 6.92 Å². The summed E-state index contributed by atoms with van der Waals surface area (Å²) in [6, 6.07) is 5.72. The molecular formula is C13H10F2N2O3. The van der Waals surface area contributed by atoms with Gasteiger partial charge in [0, 0.05) is 24.7 Å². The Hall–Kier alpha value is -2.70. The van der Waals surface area contributed by atoms with Gasteiger partial charge in [0.15, 0.2) is 23.3 Å². The molecule has 0 aliphatic carbocycles. The van der Waals surface area contributed by atoms with Gasteiger partial charge in [-0.15, -0.1) is 0 Å². The molecular weight excluding hydrogens is 270 g/mol. The molecule has 0 aliphatic heterocycles. The van der Waals surface area contributed by atoms with Crippen molar-refractivity contribution < 1.29 is 22.8 Å². The molecule has 2 rings (SSSR count). The van der Waals surface area contributed by atoms with Crippen LogP contribution in [-0.2, 0) is 4.79 Å². The maximum atomic E-state index is 13.0. The van der Waals surface area contributed by atoms with Crippen LogP contribution in [0.4, 0.5) is 20.4 Å². The van der Waals surface area contributed by atoms with Gasteiger partial charge in [-0.3, -0.25) is 14.9 Å². The summed E-state index contributed by atoms with van der Waals surface area (Å²) >= 11 is 0. The van der Waals surface area contributed by atoms with Crippen molar-refractivity contribution in [1.82, 2.24) is 0 Å². The number of rotatable bonds is 3. The minimum atomic E-state index is -1.07. The second-order valence-corrected chi connectivity index (χ2v) is 3.93. The zero-order valence-electron chi connectivity index (χ0n) is 10.4. The van der Waals surface area contributed by atoms with E-state index in [1.807, 2.05) is 0 Å². The lowest BCUT2D eigenvalue weighted by molar-refractivity contribution is -0.114. The minimum Gasteiger partial charge on any atom is -0.435 e. The van der Waals surface area contributed by atoms with Crippen molar-refractivity contribution in [3.05, 3.63) is 47.7 Å². The predicted molar refractivity (Wildman–Crippen MR) is 67.3 cm³/mol. The number of halogens is 2. The van der Waals surface area contributed by atoms with Crippen LogP contribution in [-0.4, -0.2) is 11.8 Å². The highest BCUT2D eigenvalue weighted by Crippen LogP contribution is 2.17. The Morgan fingerprint density at radius 1 is 1.05 bits per heavy atom. The van der Waals surface area contributed by atoms with Crippen LogP contribution >= 0.6 is 0 Å². The highest BCUT2D eigenvalue weighted by atomic mass is 19.2. The number of furan rings is 1. The lowest BCUT2D eigenvalue weighted by Crippen LogP contribution is -2.11. The van der Waals surface area contributed by atoms with Gasteiger partial charge in [-0.25, -0.2) is 8.78 Å². The second-order valence-electron chi connectivity index (χ2n) is 3.93. The Morgan fingerprint density at radius 3 is 2.45 bits per heavy atom. The lowest BCUT2D eigenvalue weighted by atomic mass is 10.3. The third-order valence-electron chi connectivity index (χ3n) is 2.31. The van der Waals surface area contributed by atoms with Gasteiger partial charge in [-0.2, -0.15) is 0 Å². The number of hydrogen-bond acceptors (Lipinski definition) is 3. The van der Waals surface area contributed by atoms with Crippen molar-refractivity contribution in [2.24, 2.45) is 0 Å². The fraction of sp³-hybridized carbons (Fsp3) is 0.0769. The van der Waals surface area contributed by atoms with Crippen molar-refractivity contribution >= 4 is 23.4 Å². The van der Waals surface area contributed by atoms with Gasteiger partial charge in [-0.05, 0) is 18.2 Å². The number of carbonyl (C=O) groups is 2. The molecule has 0 fully saturated rings. The number of amides is 2. The first kappa shape index (κ1) is 13.7. The minimum absolute atomic E-state index is 0.0708. The van der Waals surface area contributed by atoms with Gasteiger partial charge in [0.05, 0.1) is 0 Å². The summed E-state index contributed by atoms with van der Waals surface area (Å²) in [6.07, 6.45) is 0. The van der Waals surface area contributed by atoms with Crippen molar-refractivity contribution in [2.75, 3.05) is 10.6 Å². The van der Waals surface area contributed by atoms with E-state index in [1.165, 1.54) is 25.1 Å². The molecule has 0 saturated heterocycles. The lowest BCUT2D eigenvalue weighted by Gasteiger charge is -2.03. The quantitative estimate of drug-likeness (QED) is 0.908. The van der Waals surface area contributed by atoms with E-state index in [4.69, 9.17) is 4.42 Å². The molecule has 0 atom stereocenters. The summed E-state index contributed by atoms with van der Waals surface area (Å²) in [6.45, 7) is 1.30. The number of benzene rings is 1. The Balaban J connectivity index is 2.09. The topological polar surface area (TPSA) is 71.3 Å². The molecule has 1 aromatic heterocycles. The van der Waals surface area contributed by atoms with E-state index >= 15 is 0 Å². The SMILES string of the molecule is CC(=O)Nc1ccc(C(=O)Nc2ccc(F)c(F)c2)o1. The molecule has 5 nitrogen and oxygen atoms in total. The number of hydrogen-bond donors (Lipinski definition) is 2. The summed E-state index contributed by atoms with van der Waals surface area (Å²) in [5, 5.41) is 4.71. The Bertz CT molecular complexity index is 667. The Kier molecular flexibility index (Phi) is 3.79. The summed E-state index contributed by atoms with van der Waals surface area (Å²) in [5.74, 6) is -3.01. The molecule has 0 saturated carbocycles. The van der Waals surface area contributed by atoms with Crippen LogP contribution in [0.5, 0.6) is 0 Å². The molecule has 2 aromatic rings. The highest BCUT2D eigenvalue weighted by Gasteiger charge is 2.13. The van der Waals surface area contributed by atoms with Crippen LogP contribution in [0.15, 0.2) is 34.7 Å². The van der Waals surface area contributed by atoms with Gasteiger partial charge in [0.1, 0.15) is 0 Å².